The average molecular weight is 316 g/mol. The highest BCUT2D eigenvalue weighted by Crippen LogP contribution is 2.10. The van der Waals surface area contributed by atoms with Gasteiger partial charge in [-0.05, 0) is 54.1 Å². The van der Waals surface area contributed by atoms with E-state index in [4.69, 9.17) is 9.84 Å². The van der Waals surface area contributed by atoms with Crippen molar-refractivity contribution in [2.75, 3.05) is 6.61 Å². The van der Waals surface area contributed by atoms with E-state index in [1.165, 1.54) is 30.5 Å². The first-order chi connectivity index (χ1) is 11.0. The van der Waals surface area contributed by atoms with Crippen LogP contribution in [0, 0.1) is 5.82 Å². The van der Waals surface area contributed by atoms with Gasteiger partial charge in [-0.3, -0.25) is 4.79 Å². The zero-order chi connectivity index (χ0) is 16.7. The van der Waals surface area contributed by atoms with Gasteiger partial charge in [0.2, 0.25) is 0 Å². The van der Waals surface area contributed by atoms with Crippen molar-refractivity contribution in [2.45, 2.75) is 0 Å². The minimum atomic E-state index is -1.06. The number of rotatable bonds is 6. The number of carboxylic acids is 1. The first kappa shape index (κ1) is 16.2. The molecular weight excluding hydrogens is 303 g/mol. The van der Waals surface area contributed by atoms with Gasteiger partial charge in [0.05, 0.1) is 6.21 Å². The molecule has 0 aliphatic carbocycles. The monoisotopic (exact) mass is 316 g/mol. The fraction of sp³-hybridized carbons (Fsp3) is 0.0625. The molecule has 0 bridgehead atoms. The highest BCUT2D eigenvalue weighted by Gasteiger charge is 2.03. The minimum Gasteiger partial charge on any atom is -0.482 e. The number of carboxylic acid groups (broad SMARTS) is 1. The van der Waals surface area contributed by atoms with E-state index in [1.54, 1.807) is 24.3 Å². The molecule has 0 saturated heterocycles. The molecule has 6 nitrogen and oxygen atoms in total. The highest BCUT2D eigenvalue weighted by molar-refractivity contribution is 5.94. The molecule has 0 aromatic heterocycles. The summed E-state index contributed by atoms with van der Waals surface area (Å²) in [5, 5.41) is 12.3. The van der Waals surface area contributed by atoms with Gasteiger partial charge >= 0.3 is 5.97 Å². The maximum absolute atomic E-state index is 12.8. The Labute approximate surface area is 131 Å². The second kappa shape index (κ2) is 7.69. The van der Waals surface area contributed by atoms with Crippen LogP contribution in [0.5, 0.6) is 5.75 Å². The summed E-state index contributed by atoms with van der Waals surface area (Å²) in [5.74, 6) is -1.52. The zero-order valence-electron chi connectivity index (χ0n) is 11.9. The first-order valence-electron chi connectivity index (χ1n) is 6.58. The van der Waals surface area contributed by atoms with Crippen LogP contribution < -0.4 is 10.2 Å². The summed E-state index contributed by atoms with van der Waals surface area (Å²) >= 11 is 0. The van der Waals surface area contributed by atoms with Gasteiger partial charge in [-0.15, -0.1) is 0 Å². The predicted octanol–water partition coefficient (Wildman–Crippen LogP) is 2.05. The van der Waals surface area contributed by atoms with Crippen LogP contribution in [0.25, 0.3) is 0 Å². The number of nitrogens with zero attached hydrogens (tertiary/aromatic N) is 1. The van der Waals surface area contributed by atoms with Crippen LogP contribution >= 0.6 is 0 Å². The fourth-order valence-corrected chi connectivity index (χ4v) is 1.63. The van der Waals surface area contributed by atoms with Crippen LogP contribution in [-0.2, 0) is 4.79 Å². The number of hydrazone groups is 1. The van der Waals surface area contributed by atoms with E-state index in [0.29, 0.717) is 16.9 Å². The van der Waals surface area contributed by atoms with E-state index in [9.17, 15) is 14.0 Å². The van der Waals surface area contributed by atoms with E-state index in [-0.39, 0.29) is 0 Å². The second-order valence-electron chi connectivity index (χ2n) is 4.46. The molecular formula is C16H13FN2O4. The van der Waals surface area contributed by atoms with Crippen LogP contribution in [0.4, 0.5) is 4.39 Å². The molecule has 2 N–H and O–H groups in total. The highest BCUT2D eigenvalue weighted by atomic mass is 19.1. The number of hydrogen-bond donors (Lipinski definition) is 2. The van der Waals surface area contributed by atoms with E-state index in [1.807, 2.05) is 0 Å². The lowest BCUT2D eigenvalue weighted by Gasteiger charge is -2.03. The van der Waals surface area contributed by atoms with Gasteiger partial charge in [0.15, 0.2) is 6.61 Å². The molecule has 0 fully saturated rings. The molecule has 118 valence electrons. The molecule has 0 spiro atoms. The van der Waals surface area contributed by atoms with Crippen molar-refractivity contribution in [1.82, 2.24) is 5.43 Å². The number of ether oxygens (including phenoxy) is 1. The van der Waals surface area contributed by atoms with Crippen molar-refractivity contribution in [3.8, 4) is 5.75 Å². The Hall–Kier alpha value is -3.22. The SMILES string of the molecule is O=C(O)COc1ccc(/C=N\NC(=O)c2ccc(F)cc2)cc1. The van der Waals surface area contributed by atoms with Gasteiger partial charge in [-0.2, -0.15) is 5.10 Å². The quantitative estimate of drug-likeness (QED) is 0.630. The zero-order valence-corrected chi connectivity index (χ0v) is 11.9. The Morgan fingerprint density at radius 2 is 1.78 bits per heavy atom. The normalized spacial score (nSPS) is 10.5. The number of nitrogens with one attached hydrogen (secondary N) is 1. The predicted molar refractivity (Wildman–Crippen MR) is 81.0 cm³/mol. The molecule has 0 unspecified atom stereocenters. The Morgan fingerprint density at radius 3 is 2.39 bits per heavy atom. The number of amides is 1. The van der Waals surface area contributed by atoms with Crippen molar-refractivity contribution < 1.29 is 23.8 Å². The van der Waals surface area contributed by atoms with Crippen LogP contribution in [0.3, 0.4) is 0 Å². The number of aliphatic carboxylic acids is 1. The summed E-state index contributed by atoms with van der Waals surface area (Å²) in [6.07, 6.45) is 1.42. The molecule has 0 aliphatic rings. The van der Waals surface area contributed by atoms with Crippen molar-refractivity contribution in [1.29, 1.82) is 0 Å². The molecule has 7 heteroatoms. The summed E-state index contributed by atoms with van der Waals surface area (Å²) in [6, 6.07) is 11.6. The maximum atomic E-state index is 12.8. The summed E-state index contributed by atoms with van der Waals surface area (Å²) in [5.41, 5.74) is 3.30. The Morgan fingerprint density at radius 1 is 1.13 bits per heavy atom. The van der Waals surface area contributed by atoms with Crippen molar-refractivity contribution in [3.63, 3.8) is 0 Å². The lowest BCUT2D eigenvalue weighted by atomic mass is 10.2. The average Bonchev–Trinajstić information content (AvgIpc) is 2.54. The van der Waals surface area contributed by atoms with E-state index in [2.05, 4.69) is 10.5 Å². The van der Waals surface area contributed by atoms with Crippen LogP contribution in [0.2, 0.25) is 0 Å². The third-order valence-electron chi connectivity index (χ3n) is 2.73. The Kier molecular flexibility index (Phi) is 5.40. The standard InChI is InChI=1S/C16H13FN2O4/c17-13-5-3-12(4-6-13)16(22)19-18-9-11-1-7-14(8-2-11)23-10-15(20)21/h1-9H,10H2,(H,19,22)(H,20,21)/b18-9-. The molecule has 2 aromatic rings. The largest absolute Gasteiger partial charge is 0.482 e. The third kappa shape index (κ3) is 5.24. The van der Waals surface area contributed by atoms with Gasteiger partial charge in [0.25, 0.3) is 5.91 Å². The Bertz CT molecular complexity index is 712. The number of carbonyl (C=O) groups is 2. The second-order valence-corrected chi connectivity index (χ2v) is 4.46. The number of hydrogen-bond acceptors (Lipinski definition) is 4. The van der Waals surface area contributed by atoms with Crippen molar-refractivity contribution >= 4 is 18.1 Å². The van der Waals surface area contributed by atoms with Gasteiger partial charge in [0.1, 0.15) is 11.6 Å². The molecule has 0 saturated carbocycles. The summed E-state index contributed by atoms with van der Waals surface area (Å²) in [6.45, 7) is -0.416. The van der Waals surface area contributed by atoms with Gasteiger partial charge < -0.3 is 9.84 Å². The van der Waals surface area contributed by atoms with E-state index >= 15 is 0 Å². The smallest absolute Gasteiger partial charge is 0.341 e. The topological polar surface area (TPSA) is 88.0 Å². The third-order valence-corrected chi connectivity index (χ3v) is 2.73. The lowest BCUT2D eigenvalue weighted by Crippen LogP contribution is -2.17. The van der Waals surface area contributed by atoms with E-state index in [0.717, 1.165) is 0 Å². The van der Waals surface area contributed by atoms with Crippen molar-refractivity contribution in [2.24, 2.45) is 5.10 Å². The van der Waals surface area contributed by atoms with Gasteiger partial charge in [0, 0.05) is 5.56 Å². The molecule has 1 amide bonds. The Balaban J connectivity index is 1.88. The van der Waals surface area contributed by atoms with Gasteiger partial charge in [-0.25, -0.2) is 14.6 Å². The van der Waals surface area contributed by atoms with Gasteiger partial charge in [-0.1, -0.05) is 0 Å². The van der Waals surface area contributed by atoms with Crippen molar-refractivity contribution in [3.05, 3.63) is 65.5 Å². The fourth-order valence-electron chi connectivity index (χ4n) is 1.63. The molecule has 23 heavy (non-hydrogen) atoms. The summed E-state index contributed by atoms with van der Waals surface area (Å²) < 4.78 is 17.7. The van der Waals surface area contributed by atoms with Crippen LogP contribution in [0.1, 0.15) is 15.9 Å². The number of halogens is 1. The minimum absolute atomic E-state index is 0.293. The molecule has 0 radical (unpaired) electrons. The molecule has 0 atom stereocenters. The van der Waals surface area contributed by atoms with E-state index < -0.39 is 24.3 Å². The summed E-state index contributed by atoms with van der Waals surface area (Å²) in [4.78, 5) is 22.1. The molecule has 2 aromatic carbocycles. The molecule has 0 heterocycles. The lowest BCUT2D eigenvalue weighted by molar-refractivity contribution is -0.139. The maximum Gasteiger partial charge on any atom is 0.341 e. The molecule has 2 rings (SSSR count). The first-order valence-corrected chi connectivity index (χ1v) is 6.58. The summed E-state index contributed by atoms with van der Waals surface area (Å²) in [7, 11) is 0. The molecule has 0 aliphatic heterocycles. The number of carbonyl (C=O) groups excluding carboxylic acids is 1. The van der Waals surface area contributed by atoms with Crippen LogP contribution in [0.15, 0.2) is 53.6 Å². The number of benzene rings is 2. The van der Waals surface area contributed by atoms with Crippen LogP contribution in [-0.4, -0.2) is 29.8 Å².